The van der Waals surface area contributed by atoms with Gasteiger partial charge in [0, 0.05) is 20.5 Å². The predicted octanol–water partition coefficient (Wildman–Crippen LogP) is 4.24. The van der Waals surface area contributed by atoms with Crippen LogP contribution in [0.3, 0.4) is 0 Å². The third kappa shape index (κ3) is 11.3. The molecule has 0 aliphatic carbocycles. The minimum atomic E-state index is -1.76. The lowest BCUT2D eigenvalue weighted by atomic mass is 9.91. The first-order chi connectivity index (χ1) is 19.4. The first kappa shape index (κ1) is 35.1. The van der Waals surface area contributed by atoms with Crippen molar-refractivity contribution in [1.82, 2.24) is 10.2 Å². The maximum Gasteiger partial charge on any atom is 0.412 e. The van der Waals surface area contributed by atoms with Gasteiger partial charge in [-0.3, -0.25) is 10.2 Å². The van der Waals surface area contributed by atoms with Gasteiger partial charge in [-0.25, -0.2) is 9.59 Å². The smallest absolute Gasteiger partial charge is 0.412 e. The number of aliphatic hydroxyl groups excluding tert-OH is 2. The Morgan fingerprint density at radius 2 is 1.60 bits per heavy atom. The number of aromatic hydroxyl groups is 1. The van der Waals surface area contributed by atoms with Crippen LogP contribution in [-0.2, 0) is 22.3 Å². The highest BCUT2D eigenvalue weighted by atomic mass is 28.3. The summed E-state index contributed by atoms with van der Waals surface area (Å²) in [6.07, 6.45) is -4.01. The summed E-state index contributed by atoms with van der Waals surface area (Å²) in [5.74, 6) is 0.106. The molecule has 0 saturated carbocycles. The van der Waals surface area contributed by atoms with E-state index in [0.29, 0.717) is 0 Å². The molecule has 0 bridgehead atoms. The highest BCUT2D eigenvalue weighted by Gasteiger charge is 2.48. The molecule has 11 heteroatoms. The van der Waals surface area contributed by atoms with Gasteiger partial charge in [0.05, 0.1) is 25.4 Å². The molecule has 0 spiro atoms. The standard InChI is InChI=1S/C31H49N3O7Si/c1-22(35)31(20-24-11-9-8-10-12-24,33-28(38)40-17-18-42(5,6)7)34(29(39)41-30(2,3)4)21-27(37)26(32)19-23-13-15-25(36)16-14-23/h8-16,22,26-27,35-37H,17-21,32H2,1-7H3,(H,33,38). The van der Waals surface area contributed by atoms with Gasteiger partial charge in [0.1, 0.15) is 11.4 Å². The van der Waals surface area contributed by atoms with E-state index in [1.165, 1.54) is 19.1 Å². The largest absolute Gasteiger partial charge is 0.508 e. The lowest BCUT2D eigenvalue weighted by Crippen LogP contribution is -2.71. The Morgan fingerprint density at radius 1 is 1.00 bits per heavy atom. The molecule has 0 aliphatic heterocycles. The zero-order chi connectivity index (χ0) is 31.7. The molecular weight excluding hydrogens is 554 g/mol. The van der Waals surface area contributed by atoms with Crippen LogP contribution in [0.1, 0.15) is 38.8 Å². The minimum Gasteiger partial charge on any atom is -0.508 e. The van der Waals surface area contributed by atoms with Crippen LogP contribution in [0, 0.1) is 0 Å². The minimum absolute atomic E-state index is 0.00616. The van der Waals surface area contributed by atoms with E-state index < -0.39 is 49.8 Å². The van der Waals surface area contributed by atoms with Crippen LogP contribution in [0.15, 0.2) is 54.6 Å². The van der Waals surface area contributed by atoms with E-state index in [9.17, 15) is 24.9 Å². The van der Waals surface area contributed by atoms with Crippen LogP contribution in [0.4, 0.5) is 9.59 Å². The van der Waals surface area contributed by atoms with Gasteiger partial charge in [-0.05, 0) is 63.4 Å². The zero-order valence-electron chi connectivity index (χ0n) is 26.0. The SMILES string of the molecule is CC(O)C(Cc1ccccc1)(NC(=O)OCC[Si](C)(C)C)N(CC(O)C(N)Cc1ccc(O)cc1)C(=O)OC(C)(C)C. The molecule has 42 heavy (non-hydrogen) atoms. The van der Waals surface area contributed by atoms with Crippen molar-refractivity contribution in [3.63, 3.8) is 0 Å². The summed E-state index contributed by atoms with van der Waals surface area (Å²) in [7, 11) is -1.50. The van der Waals surface area contributed by atoms with E-state index in [0.717, 1.165) is 22.1 Å². The van der Waals surface area contributed by atoms with Crippen LogP contribution in [0.2, 0.25) is 25.7 Å². The van der Waals surface area contributed by atoms with E-state index in [2.05, 4.69) is 25.0 Å². The summed E-state index contributed by atoms with van der Waals surface area (Å²) in [5.41, 5.74) is 5.20. The summed E-state index contributed by atoms with van der Waals surface area (Å²) in [4.78, 5) is 28.2. The van der Waals surface area contributed by atoms with Crippen molar-refractivity contribution in [1.29, 1.82) is 0 Å². The summed E-state index contributed by atoms with van der Waals surface area (Å²) in [6, 6.07) is 15.4. The van der Waals surface area contributed by atoms with Gasteiger partial charge < -0.3 is 30.5 Å². The molecule has 0 radical (unpaired) electrons. The van der Waals surface area contributed by atoms with Gasteiger partial charge in [0.25, 0.3) is 0 Å². The van der Waals surface area contributed by atoms with Crippen LogP contribution in [0.5, 0.6) is 5.75 Å². The number of nitrogens with two attached hydrogens (primary N) is 1. The number of carbonyl (C=O) groups is 2. The Bertz CT molecular complexity index is 1130. The molecule has 2 rings (SSSR count). The number of ether oxygens (including phenoxy) is 2. The molecule has 0 fully saturated rings. The molecule has 234 valence electrons. The first-order valence-corrected chi connectivity index (χ1v) is 18.0. The highest BCUT2D eigenvalue weighted by Crippen LogP contribution is 2.27. The van der Waals surface area contributed by atoms with Crippen LogP contribution in [0.25, 0.3) is 0 Å². The lowest BCUT2D eigenvalue weighted by molar-refractivity contribution is -0.0721. The van der Waals surface area contributed by atoms with Crippen molar-refractivity contribution in [2.24, 2.45) is 5.73 Å². The number of nitrogens with zero attached hydrogens (tertiary/aromatic N) is 1. The van der Waals surface area contributed by atoms with Gasteiger partial charge in [-0.2, -0.15) is 0 Å². The van der Waals surface area contributed by atoms with Gasteiger partial charge in [-0.1, -0.05) is 62.1 Å². The monoisotopic (exact) mass is 603 g/mol. The van der Waals surface area contributed by atoms with Gasteiger partial charge in [0.2, 0.25) is 0 Å². The maximum absolute atomic E-state index is 13.8. The molecule has 2 aromatic carbocycles. The number of carbonyl (C=O) groups excluding carboxylic acids is 2. The second kappa shape index (κ2) is 14.9. The van der Waals surface area contributed by atoms with Crippen molar-refractivity contribution in [2.75, 3.05) is 13.2 Å². The first-order valence-electron chi connectivity index (χ1n) is 14.3. The second-order valence-corrected chi connectivity index (χ2v) is 18.6. The van der Waals surface area contributed by atoms with Crippen LogP contribution in [-0.4, -0.2) is 83.1 Å². The Morgan fingerprint density at radius 3 is 2.12 bits per heavy atom. The Labute approximate surface area is 250 Å². The molecule has 0 saturated heterocycles. The van der Waals surface area contributed by atoms with E-state index in [4.69, 9.17) is 15.2 Å². The van der Waals surface area contributed by atoms with E-state index >= 15 is 0 Å². The number of hydrogen-bond donors (Lipinski definition) is 5. The number of benzene rings is 2. The van der Waals surface area contributed by atoms with Crippen molar-refractivity contribution in [3.05, 3.63) is 65.7 Å². The van der Waals surface area contributed by atoms with E-state index in [1.807, 2.05) is 30.3 Å². The number of phenols is 1. The fourth-order valence-electron chi connectivity index (χ4n) is 4.33. The van der Waals surface area contributed by atoms with E-state index in [1.54, 1.807) is 32.9 Å². The average Bonchev–Trinajstić information content (AvgIpc) is 2.86. The molecule has 2 amide bonds. The van der Waals surface area contributed by atoms with Crippen molar-refractivity contribution >= 4 is 20.3 Å². The third-order valence-corrected chi connectivity index (χ3v) is 8.48. The fourth-order valence-corrected chi connectivity index (χ4v) is 5.05. The molecule has 0 aromatic heterocycles. The number of hydrogen-bond acceptors (Lipinski definition) is 8. The zero-order valence-corrected chi connectivity index (χ0v) is 27.0. The normalized spacial score (nSPS) is 15.6. The number of aliphatic hydroxyl groups is 2. The highest BCUT2D eigenvalue weighted by molar-refractivity contribution is 6.76. The molecular formula is C31H49N3O7Si. The van der Waals surface area contributed by atoms with Crippen LogP contribution < -0.4 is 11.1 Å². The molecule has 2 aromatic rings. The topological polar surface area (TPSA) is 155 Å². The maximum atomic E-state index is 13.8. The summed E-state index contributed by atoms with van der Waals surface area (Å²) >= 11 is 0. The second-order valence-electron chi connectivity index (χ2n) is 13.0. The number of nitrogens with one attached hydrogen (secondary N) is 1. The van der Waals surface area contributed by atoms with Gasteiger partial charge >= 0.3 is 12.2 Å². The average molecular weight is 604 g/mol. The Balaban J connectivity index is 2.50. The summed E-state index contributed by atoms with van der Waals surface area (Å²) < 4.78 is 11.2. The Hall–Kier alpha value is -3.12. The van der Waals surface area contributed by atoms with Crippen molar-refractivity contribution in [3.8, 4) is 5.75 Å². The van der Waals surface area contributed by atoms with E-state index in [-0.39, 0.29) is 31.7 Å². The van der Waals surface area contributed by atoms with Gasteiger partial charge in [0.15, 0.2) is 5.66 Å². The van der Waals surface area contributed by atoms with Gasteiger partial charge in [-0.15, -0.1) is 0 Å². The van der Waals surface area contributed by atoms with Crippen molar-refractivity contribution in [2.45, 2.75) is 95.7 Å². The molecule has 10 nitrogen and oxygen atoms in total. The molecule has 4 unspecified atom stereocenters. The summed E-state index contributed by atoms with van der Waals surface area (Å²) in [6.45, 7) is 12.9. The fraction of sp³-hybridized carbons (Fsp3) is 0.548. The lowest BCUT2D eigenvalue weighted by Gasteiger charge is -2.47. The molecule has 4 atom stereocenters. The quantitative estimate of drug-likeness (QED) is 0.168. The number of alkyl carbamates (subject to hydrolysis) is 1. The van der Waals surface area contributed by atoms with Crippen molar-refractivity contribution < 1.29 is 34.4 Å². The molecule has 0 heterocycles. The molecule has 0 aliphatic rings. The number of rotatable bonds is 13. The van der Waals surface area contributed by atoms with Crippen LogP contribution >= 0.6 is 0 Å². The number of amides is 2. The Kier molecular flexibility index (Phi) is 12.4. The predicted molar refractivity (Wildman–Crippen MR) is 166 cm³/mol. The molecule has 6 N–H and O–H groups in total. The summed E-state index contributed by atoms with van der Waals surface area (Å²) in [5, 5.41) is 35.0. The third-order valence-electron chi connectivity index (χ3n) is 6.78. The number of phenolic OH excluding ortho intramolecular Hbond substituents is 1.